The highest BCUT2D eigenvalue weighted by Crippen LogP contribution is 2.37. The minimum atomic E-state index is -0.742. The second-order valence-electron chi connectivity index (χ2n) is 6.72. The van der Waals surface area contributed by atoms with Crippen LogP contribution in [0.1, 0.15) is 17.2 Å². The van der Waals surface area contributed by atoms with Gasteiger partial charge in [0.1, 0.15) is 18.3 Å². The van der Waals surface area contributed by atoms with Crippen molar-refractivity contribution in [3.05, 3.63) is 83.0 Å². The number of aryl methyl sites for hydroxylation is 1. The minimum absolute atomic E-state index is 0.284. The van der Waals surface area contributed by atoms with E-state index in [1.165, 1.54) is 0 Å². The van der Waals surface area contributed by atoms with Gasteiger partial charge in [0.15, 0.2) is 0 Å². The number of rotatable bonds is 6. The van der Waals surface area contributed by atoms with Crippen molar-refractivity contribution >= 4 is 33.6 Å². The van der Waals surface area contributed by atoms with Gasteiger partial charge in [-0.25, -0.2) is 4.79 Å². The molecule has 2 atom stereocenters. The molecule has 6 nitrogen and oxygen atoms in total. The maximum absolute atomic E-state index is 13.2. The Morgan fingerprint density at radius 2 is 2.10 bits per heavy atom. The predicted octanol–water partition coefficient (Wildman–Crippen LogP) is 4.44. The Morgan fingerprint density at radius 3 is 2.83 bits per heavy atom. The summed E-state index contributed by atoms with van der Waals surface area (Å²) in [6, 6.07) is 11.9. The van der Waals surface area contributed by atoms with Gasteiger partial charge in [-0.1, -0.05) is 47.3 Å². The van der Waals surface area contributed by atoms with E-state index >= 15 is 0 Å². The molecule has 0 radical (unpaired) electrons. The standard InChI is InChI=1S/C22H22BrN3O3/c1-4-10-29-18-9-8-15(23)12-17(18)20-19(14(3)24-22(28)26-20)21(27)25-16-7-5-6-13(2)11-16/h4-9,11-12,19-20H,1,3,10H2,2H3,(H,25,27)(H2,24,26,28)/t19-,20+/m1/s1. The first kappa shape index (κ1) is 20.7. The van der Waals surface area contributed by atoms with Crippen LogP contribution in [-0.4, -0.2) is 18.5 Å². The molecule has 0 bridgehead atoms. The lowest BCUT2D eigenvalue weighted by Crippen LogP contribution is -2.51. The fourth-order valence-corrected chi connectivity index (χ4v) is 3.62. The van der Waals surface area contributed by atoms with Gasteiger partial charge in [-0.05, 0) is 42.8 Å². The Balaban J connectivity index is 1.97. The van der Waals surface area contributed by atoms with Crippen LogP contribution in [0, 0.1) is 12.8 Å². The van der Waals surface area contributed by atoms with Crippen LogP contribution in [0.5, 0.6) is 5.75 Å². The third-order valence-electron chi connectivity index (χ3n) is 4.50. The molecule has 3 amide bonds. The summed E-state index contributed by atoms with van der Waals surface area (Å²) in [5, 5.41) is 8.36. The predicted molar refractivity (Wildman–Crippen MR) is 117 cm³/mol. The Morgan fingerprint density at radius 1 is 1.31 bits per heavy atom. The van der Waals surface area contributed by atoms with E-state index in [1.807, 2.05) is 43.3 Å². The highest BCUT2D eigenvalue weighted by molar-refractivity contribution is 9.10. The van der Waals surface area contributed by atoms with Crippen LogP contribution in [0.4, 0.5) is 10.5 Å². The van der Waals surface area contributed by atoms with E-state index < -0.39 is 18.0 Å². The second kappa shape index (κ2) is 8.96. The molecule has 150 valence electrons. The largest absolute Gasteiger partial charge is 0.489 e. The molecule has 1 fully saturated rings. The third-order valence-corrected chi connectivity index (χ3v) is 4.99. The number of urea groups is 1. The van der Waals surface area contributed by atoms with Crippen LogP contribution in [0.2, 0.25) is 0 Å². The number of amides is 3. The van der Waals surface area contributed by atoms with Crippen molar-refractivity contribution < 1.29 is 14.3 Å². The minimum Gasteiger partial charge on any atom is -0.489 e. The smallest absolute Gasteiger partial charge is 0.319 e. The van der Waals surface area contributed by atoms with Gasteiger partial charge in [-0.2, -0.15) is 0 Å². The zero-order chi connectivity index (χ0) is 21.0. The first-order valence-electron chi connectivity index (χ1n) is 9.06. The van der Waals surface area contributed by atoms with Crippen molar-refractivity contribution in [1.82, 2.24) is 10.6 Å². The van der Waals surface area contributed by atoms with Gasteiger partial charge in [-0.3, -0.25) is 4.79 Å². The summed E-state index contributed by atoms with van der Waals surface area (Å²) < 4.78 is 6.56. The van der Waals surface area contributed by atoms with Crippen molar-refractivity contribution in [1.29, 1.82) is 0 Å². The van der Waals surface area contributed by atoms with Gasteiger partial charge in [-0.15, -0.1) is 0 Å². The summed E-state index contributed by atoms with van der Waals surface area (Å²) in [5.74, 6) is -0.470. The van der Waals surface area contributed by atoms with Crippen LogP contribution < -0.4 is 20.7 Å². The van der Waals surface area contributed by atoms with E-state index in [9.17, 15) is 9.59 Å². The molecule has 3 N–H and O–H groups in total. The van der Waals surface area contributed by atoms with E-state index in [0.29, 0.717) is 29.3 Å². The van der Waals surface area contributed by atoms with Crippen molar-refractivity contribution in [3.63, 3.8) is 0 Å². The summed E-state index contributed by atoms with van der Waals surface area (Å²) in [6.45, 7) is 9.83. The molecule has 0 saturated carbocycles. The summed E-state index contributed by atoms with van der Waals surface area (Å²) in [6.07, 6.45) is 1.63. The van der Waals surface area contributed by atoms with Gasteiger partial charge in [0.05, 0.1) is 6.04 Å². The van der Waals surface area contributed by atoms with Gasteiger partial charge in [0.25, 0.3) is 0 Å². The molecule has 7 heteroatoms. The lowest BCUT2D eigenvalue weighted by Gasteiger charge is -2.34. The molecule has 1 saturated heterocycles. The van der Waals surface area contributed by atoms with E-state index in [1.54, 1.807) is 12.1 Å². The fourth-order valence-electron chi connectivity index (χ4n) is 3.24. The van der Waals surface area contributed by atoms with E-state index in [-0.39, 0.29) is 5.91 Å². The lowest BCUT2D eigenvalue weighted by molar-refractivity contribution is -0.119. The van der Waals surface area contributed by atoms with Crippen LogP contribution in [0.15, 0.2) is 71.9 Å². The molecular weight excluding hydrogens is 434 g/mol. The van der Waals surface area contributed by atoms with Crippen molar-refractivity contribution in [3.8, 4) is 5.75 Å². The van der Waals surface area contributed by atoms with Crippen LogP contribution >= 0.6 is 15.9 Å². The third kappa shape index (κ3) is 4.86. The fraction of sp³-hybridized carbons (Fsp3) is 0.182. The highest BCUT2D eigenvalue weighted by atomic mass is 79.9. The summed E-state index contributed by atoms with van der Waals surface area (Å²) in [5.41, 5.74) is 2.69. The summed E-state index contributed by atoms with van der Waals surface area (Å²) in [7, 11) is 0. The molecule has 0 aromatic heterocycles. The molecule has 2 aromatic rings. The lowest BCUT2D eigenvalue weighted by atomic mass is 9.87. The van der Waals surface area contributed by atoms with Gasteiger partial charge < -0.3 is 20.7 Å². The zero-order valence-electron chi connectivity index (χ0n) is 16.0. The molecule has 1 aliphatic heterocycles. The highest BCUT2D eigenvalue weighted by Gasteiger charge is 2.39. The SMILES string of the molecule is C=CCOc1ccc(Br)cc1[C@@H]1NC(=O)NC(=C)[C@H]1C(=O)Nc1cccc(C)c1. The van der Waals surface area contributed by atoms with Gasteiger partial charge in [0, 0.05) is 21.4 Å². The molecule has 1 aliphatic rings. The first-order chi connectivity index (χ1) is 13.9. The number of nitrogens with one attached hydrogen (secondary N) is 3. The van der Waals surface area contributed by atoms with E-state index in [2.05, 4.69) is 45.0 Å². The number of hydrogen-bond acceptors (Lipinski definition) is 3. The molecule has 0 unspecified atom stereocenters. The Bertz CT molecular complexity index is 974. The zero-order valence-corrected chi connectivity index (χ0v) is 17.6. The Kier molecular flexibility index (Phi) is 6.39. The first-order valence-corrected chi connectivity index (χ1v) is 9.85. The maximum atomic E-state index is 13.2. The van der Waals surface area contributed by atoms with Crippen LogP contribution in [0.3, 0.4) is 0 Å². The molecule has 3 rings (SSSR count). The monoisotopic (exact) mass is 455 g/mol. The average molecular weight is 456 g/mol. The number of halogens is 1. The molecule has 1 heterocycles. The Hall–Kier alpha value is -3.06. The van der Waals surface area contributed by atoms with Crippen molar-refractivity contribution in [2.24, 2.45) is 5.92 Å². The normalized spacial score (nSPS) is 18.4. The quantitative estimate of drug-likeness (QED) is 0.563. The van der Waals surface area contributed by atoms with Crippen LogP contribution in [-0.2, 0) is 4.79 Å². The van der Waals surface area contributed by atoms with Gasteiger partial charge in [0.2, 0.25) is 5.91 Å². The number of hydrogen-bond donors (Lipinski definition) is 3. The average Bonchev–Trinajstić information content (AvgIpc) is 2.66. The summed E-state index contributed by atoms with van der Waals surface area (Å²) >= 11 is 3.45. The molecule has 0 aliphatic carbocycles. The van der Waals surface area contributed by atoms with Crippen molar-refractivity contribution in [2.75, 3.05) is 11.9 Å². The van der Waals surface area contributed by atoms with E-state index in [0.717, 1.165) is 10.0 Å². The van der Waals surface area contributed by atoms with E-state index in [4.69, 9.17) is 4.74 Å². The maximum Gasteiger partial charge on any atom is 0.319 e. The Labute approximate surface area is 178 Å². The molecular formula is C22H22BrN3O3. The number of anilines is 1. The number of carbonyl (C=O) groups is 2. The van der Waals surface area contributed by atoms with Crippen LogP contribution in [0.25, 0.3) is 0 Å². The number of benzene rings is 2. The number of carbonyl (C=O) groups excluding carboxylic acids is 2. The molecule has 2 aromatic carbocycles. The number of ether oxygens (including phenoxy) is 1. The molecule has 29 heavy (non-hydrogen) atoms. The summed E-state index contributed by atoms with van der Waals surface area (Å²) in [4.78, 5) is 25.3. The topological polar surface area (TPSA) is 79.5 Å². The van der Waals surface area contributed by atoms with Gasteiger partial charge >= 0.3 is 6.03 Å². The second-order valence-corrected chi connectivity index (χ2v) is 7.64. The molecule has 0 spiro atoms. The van der Waals surface area contributed by atoms with Crippen molar-refractivity contribution in [2.45, 2.75) is 13.0 Å².